The molecular weight excluding hydrogens is 132 g/mol. The molecule has 0 spiro atoms. The second-order valence-electron chi connectivity index (χ2n) is 1.97. The van der Waals surface area contributed by atoms with Gasteiger partial charge in [0.1, 0.15) is 0 Å². The van der Waals surface area contributed by atoms with Gasteiger partial charge in [-0.15, -0.1) is 0 Å². The molecule has 0 unspecified atom stereocenters. The van der Waals surface area contributed by atoms with Crippen molar-refractivity contribution in [1.82, 2.24) is 5.32 Å². The number of ether oxygens (including phenoxy) is 1. The fraction of sp³-hybridized carbons (Fsp3) is 0.667. The monoisotopic (exact) mass is 142 g/mol. The Balaban J connectivity index is 2.53. The maximum atomic E-state index is 10.8. The van der Waals surface area contributed by atoms with E-state index >= 15 is 0 Å². The molecule has 0 aromatic carbocycles. The highest BCUT2D eigenvalue weighted by Crippen LogP contribution is 1.95. The quantitative estimate of drug-likeness (QED) is 0.539. The van der Waals surface area contributed by atoms with Gasteiger partial charge in [0, 0.05) is 20.0 Å². The van der Waals surface area contributed by atoms with E-state index in [4.69, 9.17) is 4.74 Å². The van der Waals surface area contributed by atoms with E-state index in [9.17, 15) is 4.79 Å². The molecule has 1 rings (SSSR count). The number of nitrogens with one attached hydrogen (secondary N) is 1. The number of carbonyl (C=O) groups excluding carboxylic acids is 1. The zero-order valence-corrected chi connectivity index (χ0v) is 5.89. The summed E-state index contributed by atoms with van der Waals surface area (Å²) in [6, 6.07) is 0. The third kappa shape index (κ3) is 1.46. The van der Waals surface area contributed by atoms with Gasteiger partial charge in [-0.3, -0.25) is 4.79 Å². The van der Waals surface area contributed by atoms with Crippen LogP contribution in [0.25, 0.3) is 0 Å². The zero-order chi connectivity index (χ0) is 7.40. The number of likely N-dealkylation sites (N-methyl/N-ethyl adjacent to an activating group) is 1. The van der Waals surface area contributed by atoms with E-state index in [1.165, 1.54) is 0 Å². The van der Waals surface area contributed by atoms with Crippen LogP contribution in [0.2, 0.25) is 0 Å². The van der Waals surface area contributed by atoms with Crippen molar-refractivity contribution in [3.05, 3.63) is 0 Å². The summed E-state index contributed by atoms with van der Waals surface area (Å²) >= 11 is 0. The standard InChI is InChI=1S/C6H10N2O2/c1-7-5(9)6-8-3-2-4-10-6/h2-4H2,1H3,(H,7,9). The summed E-state index contributed by atoms with van der Waals surface area (Å²) in [5, 5.41) is 2.44. The van der Waals surface area contributed by atoms with Crippen molar-refractivity contribution in [1.29, 1.82) is 0 Å². The minimum absolute atomic E-state index is 0.216. The molecule has 0 aliphatic carbocycles. The van der Waals surface area contributed by atoms with Gasteiger partial charge >= 0.3 is 5.91 Å². The molecule has 4 nitrogen and oxygen atoms in total. The molecule has 1 N–H and O–H groups in total. The Hall–Kier alpha value is -1.06. The number of aliphatic imine (C=N–C) groups is 1. The lowest BCUT2D eigenvalue weighted by Crippen LogP contribution is -2.32. The van der Waals surface area contributed by atoms with Gasteiger partial charge in [0.05, 0.1) is 6.61 Å². The minimum atomic E-state index is -0.236. The molecule has 0 atom stereocenters. The lowest BCUT2D eigenvalue weighted by atomic mass is 10.4. The first-order valence-corrected chi connectivity index (χ1v) is 3.24. The minimum Gasteiger partial charge on any atom is -0.474 e. The third-order valence-corrected chi connectivity index (χ3v) is 1.22. The van der Waals surface area contributed by atoms with Gasteiger partial charge in [-0.1, -0.05) is 0 Å². The van der Waals surface area contributed by atoms with E-state index in [2.05, 4.69) is 10.3 Å². The molecule has 0 saturated heterocycles. The number of hydrogen-bond acceptors (Lipinski definition) is 3. The van der Waals surface area contributed by atoms with Crippen molar-refractivity contribution in [2.24, 2.45) is 4.99 Å². The first kappa shape index (κ1) is 7.05. The number of carbonyl (C=O) groups is 1. The molecule has 0 aromatic heterocycles. The maximum absolute atomic E-state index is 10.8. The molecule has 1 aliphatic heterocycles. The number of nitrogens with zero attached hydrogens (tertiary/aromatic N) is 1. The summed E-state index contributed by atoms with van der Waals surface area (Å²) in [5.74, 6) is -0.0200. The van der Waals surface area contributed by atoms with Gasteiger partial charge in [0.2, 0.25) is 0 Å². The van der Waals surface area contributed by atoms with Crippen molar-refractivity contribution >= 4 is 11.8 Å². The highest BCUT2D eigenvalue weighted by atomic mass is 16.5. The zero-order valence-electron chi connectivity index (χ0n) is 5.89. The van der Waals surface area contributed by atoms with Crippen LogP contribution < -0.4 is 5.32 Å². The van der Waals surface area contributed by atoms with Gasteiger partial charge in [-0.2, -0.15) is 0 Å². The molecule has 0 fully saturated rings. The van der Waals surface area contributed by atoms with E-state index in [0.717, 1.165) is 6.42 Å². The second-order valence-corrected chi connectivity index (χ2v) is 1.97. The van der Waals surface area contributed by atoms with E-state index in [0.29, 0.717) is 13.2 Å². The van der Waals surface area contributed by atoms with Crippen LogP contribution in [0.15, 0.2) is 4.99 Å². The van der Waals surface area contributed by atoms with Crippen LogP contribution in [0, 0.1) is 0 Å². The Morgan fingerprint density at radius 1 is 1.80 bits per heavy atom. The van der Waals surface area contributed by atoms with Gasteiger partial charge < -0.3 is 10.1 Å². The lowest BCUT2D eigenvalue weighted by molar-refractivity contribution is -0.115. The molecule has 56 valence electrons. The Labute approximate surface area is 59.3 Å². The SMILES string of the molecule is CNC(=O)C1=NCCCO1. The average molecular weight is 142 g/mol. The summed E-state index contributed by atoms with van der Waals surface area (Å²) in [6.45, 7) is 1.30. The summed E-state index contributed by atoms with van der Waals surface area (Å²) in [7, 11) is 1.56. The molecule has 0 bridgehead atoms. The number of hydrogen-bond donors (Lipinski definition) is 1. The van der Waals surface area contributed by atoms with Crippen molar-refractivity contribution in [3.8, 4) is 0 Å². The molecule has 1 aliphatic rings. The number of amides is 1. The van der Waals surface area contributed by atoms with E-state index in [1.54, 1.807) is 7.05 Å². The average Bonchev–Trinajstić information content (AvgIpc) is 2.05. The molecule has 0 aromatic rings. The van der Waals surface area contributed by atoms with Crippen molar-refractivity contribution in [3.63, 3.8) is 0 Å². The first-order chi connectivity index (χ1) is 4.84. The van der Waals surface area contributed by atoms with Crippen LogP contribution in [0.4, 0.5) is 0 Å². The highest BCUT2D eigenvalue weighted by molar-refractivity contribution is 6.35. The van der Waals surface area contributed by atoms with Crippen LogP contribution in [0.5, 0.6) is 0 Å². The van der Waals surface area contributed by atoms with Crippen molar-refractivity contribution in [2.45, 2.75) is 6.42 Å². The van der Waals surface area contributed by atoms with Gasteiger partial charge in [-0.25, -0.2) is 4.99 Å². The van der Waals surface area contributed by atoms with Crippen LogP contribution in [0.3, 0.4) is 0 Å². The van der Waals surface area contributed by atoms with E-state index in [-0.39, 0.29) is 11.8 Å². The summed E-state index contributed by atoms with van der Waals surface area (Å²) in [5.41, 5.74) is 0. The molecule has 0 saturated carbocycles. The Morgan fingerprint density at radius 2 is 2.60 bits per heavy atom. The largest absolute Gasteiger partial charge is 0.474 e. The summed E-state index contributed by atoms with van der Waals surface area (Å²) < 4.78 is 4.97. The Morgan fingerprint density at radius 3 is 3.10 bits per heavy atom. The lowest BCUT2D eigenvalue weighted by Gasteiger charge is -2.11. The second kappa shape index (κ2) is 3.20. The molecule has 10 heavy (non-hydrogen) atoms. The predicted molar refractivity (Wildman–Crippen MR) is 36.9 cm³/mol. The van der Waals surface area contributed by atoms with Crippen molar-refractivity contribution < 1.29 is 9.53 Å². The molecule has 1 amide bonds. The fourth-order valence-corrected chi connectivity index (χ4v) is 0.704. The van der Waals surface area contributed by atoms with Crippen LogP contribution >= 0.6 is 0 Å². The van der Waals surface area contributed by atoms with Gasteiger partial charge in [0.15, 0.2) is 0 Å². The van der Waals surface area contributed by atoms with Crippen LogP contribution in [0.1, 0.15) is 6.42 Å². The fourth-order valence-electron chi connectivity index (χ4n) is 0.704. The van der Waals surface area contributed by atoms with Crippen molar-refractivity contribution in [2.75, 3.05) is 20.2 Å². The normalized spacial score (nSPS) is 17.1. The smallest absolute Gasteiger partial charge is 0.306 e. The molecule has 1 heterocycles. The Bertz CT molecular complexity index is 165. The first-order valence-electron chi connectivity index (χ1n) is 3.24. The van der Waals surface area contributed by atoms with Crippen LogP contribution in [-0.4, -0.2) is 32.0 Å². The highest BCUT2D eigenvalue weighted by Gasteiger charge is 2.12. The number of rotatable bonds is 1. The molecule has 4 heteroatoms. The van der Waals surface area contributed by atoms with E-state index in [1.807, 2.05) is 0 Å². The summed E-state index contributed by atoms with van der Waals surface area (Å²) in [6.07, 6.45) is 0.903. The van der Waals surface area contributed by atoms with Gasteiger partial charge in [0.25, 0.3) is 5.90 Å². The van der Waals surface area contributed by atoms with Crippen LogP contribution in [-0.2, 0) is 9.53 Å². The predicted octanol–water partition coefficient (Wildman–Crippen LogP) is -0.449. The maximum Gasteiger partial charge on any atom is 0.306 e. The Kier molecular flexibility index (Phi) is 2.25. The van der Waals surface area contributed by atoms with E-state index < -0.39 is 0 Å². The third-order valence-electron chi connectivity index (χ3n) is 1.22. The summed E-state index contributed by atoms with van der Waals surface area (Å²) in [4.78, 5) is 14.7. The molecular formula is C6H10N2O2. The van der Waals surface area contributed by atoms with Gasteiger partial charge in [-0.05, 0) is 0 Å². The topological polar surface area (TPSA) is 50.7 Å². The molecule has 0 radical (unpaired) electrons.